The van der Waals surface area contributed by atoms with Gasteiger partial charge in [0.15, 0.2) is 0 Å². The normalized spacial score (nSPS) is 20.7. The van der Waals surface area contributed by atoms with E-state index in [4.69, 9.17) is 4.74 Å². The Morgan fingerprint density at radius 1 is 0.923 bits per heavy atom. The van der Waals surface area contributed by atoms with Gasteiger partial charge in [-0.25, -0.2) is 9.69 Å². The maximum absolute atomic E-state index is 12.7. The van der Waals surface area contributed by atoms with Crippen LogP contribution in [0.4, 0.5) is 4.79 Å². The SMILES string of the molecule is CC(C)(C)OC(=O)N1C[C@@H](c2ccccc2)[C@@H](c2ccccc2)CC1=O. The third-order valence-corrected chi connectivity index (χ3v) is 4.63. The van der Waals surface area contributed by atoms with Crippen molar-refractivity contribution in [3.63, 3.8) is 0 Å². The van der Waals surface area contributed by atoms with Crippen molar-refractivity contribution in [2.45, 2.75) is 44.6 Å². The van der Waals surface area contributed by atoms with Gasteiger partial charge in [-0.2, -0.15) is 0 Å². The summed E-state index contributed by atoms with van der Waals surface area (Å²) in [6, 6.07) is 20.1. The first-order valence-corrected chi connectivity index (χ1v) is 8.98. The molecule has 2 aromatic rings. The number of nitrogens with zero attached hydrogens (tertiary/aromatic N) is 1. The van der Waals surface area contributed by atoms with Crippen LogP contribution in [0.1, 0.15) is 50.2 Å². The van der Waals surface area contributed by atoms with E-state index in [1.54, 1.807) is 20.8 Å². The van der Waals surface area contributed by atoms with Crippen LogP contribution in [0.5, 0.6) is 0 Å². The van der Waals surface area contributed by atoms with Gasteiger partial charge in [0.1, 0.15) is 5.60 Å². The predicted octanol–water partition coefficient (Wildman–Crippen LogP) is 4.72. The van der Waals surface area contributed by atoms with E-state index in [1.807, 2.05) is 36.4 Å². The smallest absolute Gasteiger partial charge is 0.417 e. The van der Waals surface area contributed by atoms with Crippen molar-refractivity contribution in [1.82, 2.24) is 4.90 Å². The van der Waals surface area contributed by atoms with Crippen LogP contribution in [0.2, 0.25) is 0 Å². The zero-order valence-electron chi connectivity index (χ0n) is 15.5. The Morgan fingerprint density at radius 2 is 1.42 bits per heavy atom. The van der Waals surface area contributed by atoms with Crippen molar-refractivity contribution in [1.29, 1.82) is 0 Å². The van der Waals surface area contributed by atoms with E-state index in [2.05, 4.69) is 24.3 Å². The van der Waals surface area contributed by atoms with Crippen LogP contribution in [-0.2, 0) is 9.53 Å². The van der Waals surface area contributed by atoms with E-state index < -0.39 is 11.7 Å². The number of hydrogen-bond donors (Lipinski definition) is 0. The van der Waals surface area contributed by atoms with E-state index >= 15 is 0 Å². The lowest BCUT2D eigenvalue weighted by Crippen LogP contribution is -2.47. The average Bonchev–Trinajstić information content (AvgIpc) is 2.61. The quantitative estimate of drug-likeness (QED) is 0.786. The highest BCUT2D eigenvalue weighted by molar-refractivity contribution is 5.93. The summed E-state index contributed by atoms with van der Waals surface area (Å²) >= 11 is 0. The third kappa shape index (κ3) is 4.13. The highest BCUT2D eigenvalue weighted by Crippen LogP contribution is 2.40. The maximum atomic E-state index is 12.7. The van der Waals surface area contributed by atoms with Gasteiger partial charge >= 0.3 is 6.09 Å². The van der Waals surface area contributed by atoms with Crippen LogP contribution < -0.4 is 0 Å². The minimum Gasteiger partial charge on any atom is -0.443 e. The molecule has 1 heterocycles. The average molecular weight is 351 g/mol. The summed E-state index contributed by atoms with van der Waals surface area (Å²) in [4.78, 5) is 26.5. The third-order valence-electron chi connectivity index (χ3n) is 4.63. The number of carbonyl (C=O) groups is 2. The standard InChI is InChI=1S/C22H25NO3/c1-22(2,3)26-21(25)23-15-19(17-12-8-5-9-13-17)18(14-20(23)24)16-10-6-4-7-11-16/h4-13,18-19H,14-15H2,1-3H3/t18-,19+/m1/s1. The molecule has 2 aromatic carbocycles. The van der Waals surface area contributed by atoms with Crippen molar-refractivity contribution >= 4 is 12.0 Å². The van der Waals surface area contributed by atoms with Gasteiger partial charge in [0.2, 0.25) is 5.91 Å². The highest BCUT2D eigenvalue weighted by Gasteiger charge is 2.40. The zero-order valence-corrected chi connectivity index (χ0v) is 15.5. The van der Waals surface area contributed by atoms with E-state index in [9.17, 15) is 9.59 Å². The van der Waals surface area contributed by atoms with Crippen molar-refractivity contribution in [3.05, 3.63) is 71.8 Å². The van der Waals surface area contributed by atoms with Gasteiger partial charge in [-0.15, -0.1) is 0 Å². The lowest BCUT2D eigenvalue weighted by molar-refractivity contribution is -0.133. The lowest BCUT2D eigenvalue weighted by Gasteiger charge is -2.38. The number of ether oxygens (including phenoxy) is 1. The number of amides is 2. The first-order valence-electron chi connectivity index (χ1n) is 8.98. The lowest BCUT2D eigenvalue weighted by atomic mass is 9.76. The molecule has 0 aromatic heterocycles. The van der Waals surface area contributed by atoms with Gasteiger partial charge in [0, 0.05) is 24.8 Å². The maximum Gasteiger partial charge on any atom is 0.417 e. The molecule has 2 atom stereocenters. The Morgan fingerprint density at radius 3 is 1.92 bits per heavy atom. The molecule has 26 heavy (non-hydrogen) atoms. The van der Waals surface area contributed by atoms with Crippen LogP contribution in [0, 0.1) is 0 Å². The van der Waals surface area contributed by atoms with Gasteiger partial charge in [-0.05, 0) is 31.9 Å². The number of benzene rings is 2. The Kier molecular flexibility index (Phi) is 5.12. The number of hydrogen-bond acceptors (Lipinski definition) is 3. The second kappa shape index (κ2) is 7.32. The molecule has 4 heteroatoms. The molecule has 1 aliphatic rings. The molecule has 0 aliphatic carbocycles. The minimum absolute atomic E-state index is 0.0452. The van der Waals surface area contributed by atoms with Crippen LogP contribution in [0.25, 0.3) is 0 Å². The number of rotatable bonds is 2. The fourth-order valence-corrected chi connectivity index (χ4v) is 3.45. The molecular weight excluding hydrogens is 326 g/mol. The van der Waals surface area contributed by atoms with Gasteiger partial charge < -0.3 is 4.74 Å². The molecule has 0 N–H and O–H groups in total. The van der Waals surface area contributed by atoms with Gasteiger partial charge in [0.05, 0.1) is 0 Å². The number of likely N-dealkylation sites (tertiary alicyclic amines) is 1. The highest BCUT2D eigenvalue weighted by atomic mass is 16.6. The van der Waals surface area contributed by atoms with Gasteiger partial charge in [-0.1, -0.05) is 60.7 Å². The first-order chi connectivity index (χ1) is 12.3. The topological polar surface area (TPSA) is 46.6 Å². The molecule has 1 fully saturated rings. The Bertz CT molecular complexity index is 765. The number of piperidine rings is 1. The van der Waals surface area contributed by atoms with Crippen LogP contribution in [0.3, 0.4) is 0 Å². The van der Waals surface area contributed by atoms with E-state index in [-0.39, 0.29) is 17.7 Å². The van der Waals surface area contributed by atoms with E-state index in [0.29, 0.717) is 13.0 Å². The fourth-order valence-electron chi connectivity index (χ4n) is 3.45. The molecule has 0 saturated carbocycles. The molecule has 4 nitrogen and oxygen atoms in total. The summed E-state index contributed by atoms with van der Waals surface area (Å²) < 4.78 is 5.44. The molecule has 0 unspecified atom stereocenters. The fraction of sp³-hybridized carbons (Fsp3) is 0.364. The minimum atomic E-state index is -0.629. The molecule has 0 radical (unpaired) electrons. The Hall–Kier alpha value is -2.62. The summed E-state index contributed by atoms with van der Waals surface area (Å²) in [5, 5.41) is 0. The van der Waals surface area contributed by atoms with Gasteiger partial charge in [-0.3, -0.25) is 4.79 Å². The monoisotopic (exact) mass is 351 g/mol. The largest absolute Gasteiger partial charge is 0.443 e. The summed E-state index contributed by atoms with van der Waals surface area (Å²) in [7, 11) is 0. The second-order valence-corrected chi connectivity index (χ2v) is 7.72. The second-order valence-electron chi connectivity index (χ2n) is 7.72. The Balaban J connectivity index is 1.92. The van der Waals surface area contributed by atoms with Crippen LogP contribution in [0.15, 0.2) is 60.7 Å². The van der Waals surface area contributed by atoms with Crippen LogP contribution in [-0.4, -0.2) is 29.0 Å². The number of imide groups is 1. The molecule has 1 aliphatic heterocycles. The molecule has 2 amide bonds. The van der Waals surface area contributed by atoms with Crippen molar-refractivity contribution in [2.24, 2.45) is 0 Å². The van der Waals surface area contributed by atoms with Crippen LogP contribution >= 0.6 is 0 Å². The molecule has 1 saturated heterocycles. The van der Waals surface area contributed by atoms with E-state index in [0.717, 1.165) is 11.1 Å². The summed E-state index contributed by atoms with van der Waals surface area (Å²) in [5.74, 6) is -0.0890. The molecule has 0 spiro atoms. The number of carbonyl (C=O) groups excluding carboxylic acids is 2. The Labute approximate surface area is 154 Å². The first kappa shape index (κ1) is 18.2. The zero-order chi connectivity index (χ0) is 18.7. The van der Waals surface area contributed by atoms with Crippen molar-refractivity contribution in [2.75, 3.05) is 6.54 Å². The van der Waals surface area contributed by atoms with Gasteiger partial charge in [0.25, 0.3) is 0 Å². The summed E-state index contributed by atoms with van der Waals surface area (Å²) in [6.07, 6.45) is -0.266. The molecule has 0 bridgehead atoms. The summed E-state index contributed by atoms with van der Waals surface area (Å²) in [5.41, 5.74) is 1.62. The van der Waals surface area contributed by atoms with Crippen molar-refractivity contribution < 1.29 is 14.3 Å². The molecular formula is C22H25NO3. The molecule has 3 rings (SSSR count). The molecule has 136 valence electrons. The summed E-state index contributed by atoms with van der Waals surface area (Å²) in [6.45, 7) is 5.75. The van der Waals surface area contributed by atoms with Crippen molar-refractivity contribution in [3.8, 4) is 0 Å². The predicted molar refractivity (Wildman–Crippen MR) is 101 cm³/mol. The van der Waals surface area contributed by atoms with E-state index in [1.165, 1.54) is 4.90 Å².